The molecule has 0 N–H and O–H groups in total. The van der Waals surface area contributed by atoms with Crippen LogP contribution in [0.1, 0.15) is 24.6 Å². The second-order valence-electron chi connectivity index (χ2n) is 5.57. The highest BCUT2D eigenvalue weighted by molar-refractivity contribution is 7.91. The van der Waals surface area contributed by atoms with Crippen molar-refractivity contribution in [3.63, 3.8) is 0 Å². The van der Waals surface area contributed by atoms with Gasteiger partial charge in [-0.05, 0) is 38.4 Å². The van der Waals surface area contributed by atoms with Gasteiger partial charge in [-0.2, -0.15) is 4.31 Å². The fourth-order valence-electron chi connectivity index (χ4n) is 3.18. The third kappa shape index (κ3) is 2.52. The minimum absolute atomic E-state index is 0.0379. The fourth-order valence-corrected chi connectivity index (χ4v) is 6.43. The van der Waals surface area contributed by atoms with E-state index in [0.717, 1.165) is 24.4 Å². The van der Waals surface area contributed by atoms with Gasteiger partial charge in [0, 0.05) is 30.1 Å². The Labute approximate surface area is 129 Å². The van der Waals surface area contributed by atoms with Crippen LogP contribution >= 0.6 is 22.9 Å². The summed E-state index contributed by atoms with van der Waals surface area (Å²) in [6.45, 7) is 4.58. The van der Waals surface area contributed by atoms with Crippen molar-refractivity contribution in [3.8, 4) is 0 Å². The summed E-state index contributed by atoms with van der Waals surface area (Å²) in [5, 5.41) is 0. The van der Waals surface area contributed by atoms with Gasteiger partial charge >= 0.3 is 0 Å². The minimum Gasteiger partial charge on any atom is -0.297 e. The summed E-state index contributed by atoms with van der Waals surface area (Å²) in [7, 11) is -3.37. The van der Waals surface area contributed by atoms with E-state index in [9.17, 15) is 8.42 Å². The van der Waals surface area contributed by atoms with Crippen LogP contribution < -0.4 is 0 Å². The van der Waals surface area contributed by atoms with Gasteiger partial charge in [-0.1, -0.05) is 0 Å². The molecule has 3 heterocycles. The van der Waals surface area contributed by atoms with Crippen LogP contribution in [0.3, 0.4) is 0 Å². The van der Waals surface area contributed by atoms with Crippen molar-refractivity contribution >= 4 is 33.0 Å². The monoisotopic (exact) mass is 334 g/mol. The van der Waals surface area contributed by atoms with Gasteiger partial charge in [-0.15, -0.1) is 22.9 Å². The number of rotatable bonds is 3. The normalized spacial score (nSPS) is 28.7. The smallest absolute Gasteiger partial charge is 0.252 e. The van der Waals surface area contributed by atoms with E-state index >= 15 is 0 Å². The van der Waals surface area contributed by atoms with Gasteiger partial charge in [-0.3, -0.25) is 4.90 Å². The Balaban J connectivity index is 1.86. The minimum atomic E-state index is -3.37. The SMILES string of the molecule is CC1CN2CCCC2CN1S(=O)(=O)c1ccc(CCl)s1. The van der Waals surface area contributed by atoms with Crippen LogP contribution in [0.15, 0.2) is 16.3 Å². The third-order valence-corrected chi connectivity index (χ3v) is 8.19. The van der Waals surface area contributed by atoms with Crippen molar-refractivity contribution in [1.82, 2.24) is 9.21 Å². The molecular formula is C13H19ClN2O2S2. The van der Waals surface area contributed by atoms with E-state index in [1.807, 2.05) is 6.92 Å². The van der Waals surface area contributed by atoms with E-state index in [0.29, 0.717) is 22.7 Å². The third-order valence-electron chi connectivity index (χ3n) is 4.21. The summed E-state index contributed by atoms with van der Waals surface area (Å²) in [5.41, 5.74) is 0. The molecule has 0 spiro atoms. The second-order valence-corrected chi connectivity index (χ2v) is 9.12. The molecule has 2 aliphatic heterocycles. The zero-order chi connectivity index (χ0) is 14.3. The molecule has 2 saturated heterocycles. The van der Waals surface area contributed by atoms with E-state index in [4.69, 9.17) is 11.6 Å². The average molecular weight is 335 g/mol. The van der Waals surface area contributed by atoms with Crippen LogP contribution in [0.4, 0.5) is 0 Å². The van der Waals surface area contributed by atoms with E-state index in [1.165, 1.54) is 17.8 Å². The van der Waals surface area contributed by atoms with Gasteiger partial charge in [0.2, 0.25) is 0 Å². The Morgan fingerprint density at radius 2 is 2.20 bits per heavy atom. The maximum absolute atomic E-state index is 12.8. The molecule has 20 heavy (non-hydrogen) atoms. The van der Waals surface area contributed by atoms with Crippen LogP contribution in [0.25, 0.3) is 0 Å². The first-order valence-electron chi connectivity index (χ1n) is 6.93. The average Bonchev–Trinajstić information content (AvgIpc) is 3.05. The lowest BCUT2D eigenvalue weighted by Gasteiger charge is -2.41. The zero-order valence-corrected chi connectivity index (χ0v) is 13.8. The number of sulfonamides is 1. The van der Waals surface area contributed by atoms with Crippen molar-refractivity contribution in [2.45, 2.75) is 41.9 Å². The molecule has 1 aromatic heterocycles. The van der Waals surface area contributed by atoms with Crippen LogP contribution in [0.2, 0.25) is 0 Å². The Morgan fingerprint density at radius 3 is 2.90 bits per heavy atom. The van der Waals surface area contributed by atoms with Crippen molar-refractivity contribution in [2.24, 2.45) is 0 Å². The second kappa shape index (κ2) is 5.57. The van der Waals surface area contributed by atoms with E-state index in [-0.39, 0.29) is 6.04 Å². The van der Waals surface area contributed by atoms with Crippen molar-refractivity contribution < 1.29 is 8.42 Å². The lowest BCUT2D eigenvalue weighted by molar-refractivity contribution is 0.117. The van der Waals surface area contributed by atoms with E-state index in [1.54, 1.807) is 16.4 Å². The number of fused-ring (bicyclic) bond motifs is 1. The molecular weight excluding hydrogens is 316 g/mol. The highest BCUT2D eigenvalue weighted by Crippen LogP contribution is 2.32. The van der Waals surface area contributed by atoms with Gasteiger partial charge < -0.3 is 0 Å². The van der Waals surface area contributed by atoms with Gasteiger partial charge in [0.15, 0.2) is 0 Å². The topological polar surface area (TPSA) is 40.6 Å². The molecule has 3 rings (SSSR count). The molecule has 0 bridgehead atoms. The first-order valence-corrected chi connectivity index (χ1v) is 9.72. The summed E-state index contributed by atoms with van der Waals surface area (Å²) < 4.78 is 27.7. The van der Waals surface area contributed by atoms with Crippen LogP contribution in [-0.2, 0) is 15.9 Å². The van der Waals surface area contributed by atoms with Crippen LogP contribution in [-0.4, -0.2) is 49.3 Å². The standard InChI is InChI=1S/C13H19ClN2O2S2/c1-10-8-15-6-2-3-11(15)9-16(10)20(17,18)13-5-4-12(7-14)19-13/h4-5,10-11H,2-3,6-9H2,1H3. The number of hydrogen-bond acceptors (Lipinski definition) is 4. The van der Waals surface area contributed by atoms with Crippen LogP contribution in [0, 0.1) is 0 Å². The maximum Gasteiger partial charge on any atom is 0.252 e. The first kappa shape index (κ1) is 14.8. The number of nitrogens with zero attached hydrogens (tertiary/aromatic N) is 2. The van der Waals surface area contributed by atoms with Crippen LogP contribution in [0.5, 0.6) is 0 Å². The summed E-state index contributed by atoms with van der Waals surface area (Å²) in [6.07, 6.45) is 2.29. The van der Waals surface area contributed by atoms with Gasteiger partial charge in [-0.25, -0.2) is 8.42 Å². The molecule has 2 atom stereocenters. The molecule has 7 heteroatoms. The zero-order valence-electron chi connectivity index (χ0n) is 11.5. The lowest BCUT2D eigenvalue weighted by atomic mass is 10.1. The first-order chi connectivity index (χ1) is 9.52. The van der Waals surface area contributed by atoms with Gasteiger partial charge in [0.1, 0.15) is 4.21 Å². The summed E-state index contributed by atoms with van der Waals surface area (Å²) in [4.78, 5) is 3.33. The lowest BCUT2D eigenvalue weighted by Crippen LogP contribution is -2.56. The van der Waals surface area contributed by atoms with Crippen molar-refractivity contribution in [1.29, 1.82) is 0 Å². The number of hydrogen-bond donors (Lipinski definition) is 0. The Bertz CT molecular complexity index is 587. The molecule has 1 aromatic rings. The summed E-state index contributed by atoms with van der Waals surface area (Å²) >= 11 is 7.06. The van der Waals surface area contributed by atoms with E-state index in [2.05, 4.69) is 4.90 Å². The Kier molecular flexibility index (Phi) is 4.12. The fraction of sp³-hybridized carbons (Fsp3) is 0.692. The predicted octanol–water partition coefficient (Wildman–Crippen LogP) is 2.34. The molecule has 2 aliphatic rings. The molecule has 112 valence electrons. The summed E-state index contributed by atoms with van der Waals surface area (Å²) in [5.74, 6) is 0.367. The Hall–Kier alpha value is -0.140. The maximum atomic E-state index is 12.8. The van der Waals surface area contributed by atoms with Crippen molar-refractivity contribution in [2.75, 3.05) is 19.6 Å². The highest BCUT2D eigenvalue weighted by atomic mass is 35.5. The van der Waals surface area contributed by atoms with Gasteiger partial charge in [0.05, 0.1) is 5.88 Å². The molecule has 0 amide bonds. The predicted molar refractivity (Wildman–Crippen MR) is 81.8 cm³/mol. The van der Waals surface area contributed by atoms with E-state index < -0.39 is 10.0 Å². The highest BCUT2D eigenvalue weighted by Gasteiger charge is 2.40. The molecule has 4 nitrogen and oxygen atoms in total. The molecule has 0 saturated carbocycles. The Morgan fingerprint density at radius 1 is 1.40 bits per heavy atom. The number of alkyl halides is 1. The van der Waals surface area contributed by atoms with Gasteiger partial charge in [0.25, 0.3) is 10.0 Å². The largest absolute Gasteiger partial charge is 0.297 e. The number of thiophene rings is 1. The molecule has 2 unspecified atom stereocenters. The number of halogens is 1. The molecule has 0 aliphatic carbocycles. The summed E-state index contributed by atoms with van der Waals surface area (Å²) in [6, 6.07) is 3.93. The quantitative estimate of drug-likeness (QED) is 0.797. The molecule has 0 radical (unpaired) electrons. The molecule has 2 fully saturated rings. The number of piperazine rings is 1. The van der Waals surface area contributed by atoms with Crippen molar-refractivity contribution in [3.05, 3.63) is 17.0 Å². The molecule has 0 aromatic carbocycles.